The molecule has 7 nitrogen and oxygen atoms in total. The van der Waals surface area contributed by atoms with Gasteiger partial charge in [0.15, 0.2) is 0 Å². The highest BCUT2D eigenvalue weighted by Crippen LogP contribution is 2.39. The maximum absolute atomic E-state index is 13.2. The maximum atomic E-state index is 13.2. The monoisotopic (exact) mass is 475 g/mol. The number of halogens is 1. The van der Waals surface area contributed by atoms with Gasteiger partial charge in [0.05, 0.1) is 5.03 Å². The Balaban J connectivity index is 2.52. The molecule has 0 fully saturated rings. The van der Waals surface area contributed by atoms with E-state index < -0.39 is 29.1 Å². The summed E-state index contributed by atoms with van der Waals surface area (Å²) in [7, 11) is 0. The van der Waals surface area contributed by atoms with Gasteiger partial charge in [-0.3, -0.25) is 19.2 Å². The first-order valence-electron chi connectivity index (χ1n) is 10.9. The van der Waals surface area contributed by atoms with E-state index in [1.807, 2.05) is 19.1 Å². The lowest BCUT2D eigenvalue weighted by molar-refractivity contribution is -0.167. The standard InChI is InChI=1S/C25H30ClNO6/c1-6-15(2)12-16(3)9-10-18-13-19-20(14-27(18)11-7-8-21(29)30)23(31)25(5,33-17(4)28)24(32)22(19)26/h9-10,12-15H,6-8,11H2,1-5H3,(H,29,30)/b10-9+,16-12+/t15-,25+/m1/s1. The molecule has 2 rings (SSSR count). The minimum absolute atomic E-state index is 0.0370. The van der Waals surface area contributed by atoms with E-state index in [1.54, 1.807) is 17.2 Å². The molecule has 1 aliphatic carbocycles. The van der Waals surface area contributed by atoms with Crippen LogP contribution in [0.25, 0.3) is 0 Å². The minimum Gasteiger partial charge on any atom is -0.481 e. The van der Waals surface area contributed by atoms with E-state index in [2.05, 4.69) is 19.9 Å². The Morgan fingerprint density at radius 1 is 1.27 bits per heavy atom. The lowest BCUT2D eigenvalue weighted by atomic mass is 9.79. The summed E-state index contributed by atoms with van der Waals surface area (Å²) >= 11 is 6.35. The predicted octanol–water partition coefficient (Wildman–Crippen LogP) is 4.45. The summed E-state index contributed by atoms with van der Waals surface area (Å²) in [4.78, 5) is 50.3. The summed E-state index contributed by atoms with van der Waals surface area (Å²) < 4.78 is 5.09. The Morgan fingerprint density at radius 2 is 1.94 bits per heavy atom. The smallest absolute Gasteiger partial charge is 0.304 e. The van der Waals surface area contributed by atoms with Crippen LogP contribution < -0.4 is 0 Å². The van der Waals surface area contributed by atoms with Crippen molar-refractivity contribution in [2.24, 2.45) is 5.92 Å². The maximum Gasteiger partial charge on any atom is 0.304 e. The van der Waals surface area contributed by atoms with Gasteiger partial charge in [0, 0.05) is 42.9 Å². The lowest BCUT2D eigenvalue weighted by Crippen LogP contribution is -2.52. The molecule has 0 aromatic rings. The van der Waals surface area contributed by atoms with Crippen molar-refractivity contribution in [1.29, 1.82) is 0 Å². The van der Waals surface area contributed by atoms with Gasteiger partial charge in [0.2, 0.25) is 17.2 Å². The number of nitrogens with zero attached hydrogens (tertiary/aromatic N) is 1. The first-order chi connectivity index (χ1) is 15.4. The fraction of sp³-hybridized carbons (Fsp3) is 0.440. The number of aliphatic carboxylic acids is 1. The van der Waals surface area contributed by atoms with Crippen LogP contribution in [0.1, 0.15) is 53.9 Å². The summed E-state index contributed by atoms with van der Waals surface area (Å²) in [5, 5.41) is 8.82. The van der Waals surface area contributed by atoms with Crippen LogP contribution in [0.5, 0.6) is 0 Å². The molecule has 1 N–H and O–H groups in total. The molecule has 0 unspecified atom stereocenters. The highest BCUT2D eigenvalue weighted by Gasteiger charge is 2.52. The third kappa shape index (κ3) is 6.11. The van der Waals surface area contributed by atoms with Crippen LogP contribution in [-0.2, 0) is 23.9 Å². The number of fused-ring (bicyclic) bond motifs is 1. The zero-order valence-electron chi connectivity index (χ0n) is 19.6. The van der Waals surface area contributed by atoms with E-state index in [1.165, 1.54) is 6.92 Å². The zero-order chi connectivity index (χ0) is 24.9. The highest BCUT2D eigenvalue weighted by molar-refractivity contribution is 6.49. The van der Waals surface area contributed by atoms with Gasteiger partial charge in [-0.25, -0.2) is 0 Å². The SMILES string of the molecule is CC[C@@H](C)/C=C(C)/C=C/C1=CC2=C(Cl)C(=O)[C@@](C)(OC(C)=O)C(=O)C2=CN1CCCC(=O)O. The van der Waals surface area contributed by atoms with Gasteiger partial charge >= 0.3 is 11.9 Å². The number of hydrogen-bond acceptors (Lipinski definition) is 6. The molecule has 0 aromatic heterocycles. The molecule has 0 bridgehead atoms. The molecule has 1 aliphatic heterocycles. The van der Waals surface area contributed by atoms with Crippen LogP contribution in [-0.4, -0.2) is 45.7 Å². The van der Waals surface area contributed by atoms with Crippen LogP contribution in [0.15, 0.2) is 58.0 Å². The molecule has 0 saturated heterocycles. The number of esters is 1. The molecular formula is C25H30ClNO6. The fourth-order valence-corrected chi connectivity index (χ4v) is 3.96. The Kier molecular flexibility index (Phi) is 8.61. The summed E-state index contributed by atoms with van der Waals surface area (Å²) in [6.45, 7) is 8.88. The number of carboxylic acid groups (broad SMARTS) is 1. The number of ketones is 2. The number of carbonyl (C=O) groups excluding carboxylic acids is 3. The highest BCUT2D eigenvalue weighted by atomic mass is 35.5. The second-order valence-electron chi connectivity index (χ2n) is 8.45. The third-order valence-electron chi connectivity index (χ3n) is 5.59. The van der Waals surface area contributed by atoms with Crippen LogP contribution >= 0.6 is 11.6 Å². The number of carbonyl (C=O) groups is 4. The number of Topliss-reactive ketones (excluding diaryl/α,β-unsaturated/α-hetero) is 2. The van der Waals surface area contributed by atoms with Crippen molar-refractivity contribution in [1.82, 2.24) is 4.90 Å². The van der Waals surface area contributed by atoms with E-state index in [-0.39, 0.29) is 22.6 Å². The Bertz CT molecular complexity index is 1020. The van der Waals surface area contributed by atoms with E-state index in [0.29, 0.717) is 24.6 Å². The average molecular weight is 476 g/mol. The summed E-state index contributed by atoms with van der Waals surface area (Å²) in [6, 6.07) is 0. The molecule has 1 heterocycles. The van der Waals surface area contributed by atoms with Gasteiger partial charge in [-0.2, -0.15) is 0 Å². The summed E-state index contributed by atoms with van der Waals surface area (Å²) in [5.41, 5.74) is 0.0632. The second-order valence-corrected chi connectivity index (χ2v) is 8.82. The van der Waals surface area contributed by atoms with Crippen LogP contribution in [0.2, 0.25) is 0 Å². The quantitative estimate of drug-likeness (QED) is 0.298. The molecule has 0 amide bonds. The van der Waals surface area contributed by atoms with Crippen LogP contribution in [0.4, 0.5) is 0 Å². The molecule has 0 spiro atoms. The fourth-order valence-electron chi connectivity index (χ4n) is 3.62. The Morgan fingerprint density at radius 3 is 2.52 bits per heavy atom. The van der Waals surface area contributed by atoms with Gasteiger partial charge in [-0.1, -0.05) is 49.6 Å². The topological polar surface area (TPSA) is 101 Å². The van der Waals surface area contributed by atoms with Gasteiger partial charge in [0.25, 0.3) is 0 Å². The number of carboxylic acids is 1. The normalized spacial score (nSPS) is 22.2. The van der Waals surface area contributed by atoms with E-state index in [0.717, 1.165) is 18.9 Å². The third-order valence-corrected chi connectivity index (χ3v) is 5.97. The van der Waals surface area contributed by atoms with Gasteiger partial charge in [-0.15, -0.1) is 0 Å². The van der Waals surface area contributed by atoms with E-state index >= 15 is 0 Å². The second kappa shape index (κ2) is 10.8. The molecule has 178 valence electrons. The molecule has 0 saturated carbocycles. The molecule has 2 aliphatic rings. The Hall–Kier alpha value is -2.93. The molecule has 2 atom stereocenters. The van der Waals surface area contributed by atoms with Crippen molar-refractivity contribution < 1.29 is 29.0 Å². The molecule has 8 heteroatoms. The van der Waals surface area contributed by atoms with Gasteiger partial charge in [-0.05, 0) is 38.3 Å². The van der Waals surface area contributed by atoms with E-state index in [9.17, 15) is 19.2 Å². The number of hydrogen-bond donors (Lipinski definition) is 1. The number of allylic oxidation sites excluding steroid dienone is 6. The number of ether oxygens (including phenoxy) is 1. The minimum atomic E-state index is -2.04. The molecular weight excluding hydrogens is 446 g/mol. The van der Waals surface area contributed by atoms with Gasteiger partial charge in [0.1, 0.15) is 0 Å². The van der Waals surface area contributed by atoms with Crippen molar-refractivity contribution in [2.45, 2.75) is 59.5 Å². The summed E-state index contributed by atoms with van der Waals surface area (Å²) in [6.07, 6.45) is 10.4. The molecule has 33 heavy (non-hydrogen) atoms. The summed E-state index contributed by atoms with van der Waals surface area (Å²) in [5.74, 6) is -2.72. The van der Waals surface area contributed by atoms with Crippen LogP contribution in [0.3, 0.4) is 0 Å². The first kappa shape index (κ1) is 26.3. The lowest BCUT2D eigenvalue weighted by Gasteiger charge is -2.35. The van der Waals surface area contributed by atoms with Gasteiger partial charge < -0.3 is 14.7 Å². The van der Waals surface area contributed by atoms with E-state index in [4.69, 9.17) is 21.4 Å². The average Bonchev–Trinajstić information content (AvgIpc) is 2.74. The molecule has 0 aromatic carbocycles. The predicted molar refractivity (Wildman–Crippen MR) is 125 cm³/mol. The largest absolute Gasteiger partial charge is 0.481 e. The van der Waals surface area contributed by atoms with Crippen molar-refractivity contribution in [3.05, 3.63) is 58.0 Å². The van der Waals surface area contributed by atoms with Crippen molar-refractivity contribution in [3.63, 3.8) is 0 Å². The number of rotatable bonds is 9. The first-order valence-corrected chi connectivity index (χ1v) is 11.3. The van der Waals surface area contributed by atoms with Crippen LogP contribution in [0, 0.1) is 5.92 Å². The zero-order valence-corrected chi connectivity index (χ0v) is 20.4. The van der Waals surface area contributed by atoms with Crippen molar-refractivity contribution >= 4 is 35.1 Å². The van der Waals surface area contributed by atoms with Crippen molar-refractivity contribution in [2.75, 3.05) is 6.54 Å². The van der Waals surface area contributed by atoms with Crippen molar-refractivity contribution in [3.8, 4) is 0 Å². The Labute approximate surface area is 199 Å². The molecule has 0 radical (unpaired) electrons.